The third kappa shape index (κ3) is 8.55. The number of hydrogen-bond donors (Lipinski definition) is 5. The van der Waals surface area contributed by atoms with Gasteiger partial charge in [-0.15, -0.1) is 11.3 Å². The fraction of sp³-hybridized carbons (Fsp3) is 0.586. The number of fused-ring (bicyclic) bond motifs is 1. The Morgan fingerprint density at radius 3 is 2.69 bits per heavy atom. The summed E-state index contributed by atoms with van der Waals surface area (Å²) in [5, 5.41) is 15.3. The molecule has 2 heterocycles. The molecule has 4 rings (SSSR count). The lowest BCUT2D eigenvalue weighted by atomic mass is 9.84. The number of amides is 2. The highest BCUT2D eigenvalue weighted by Gasteiger charge is 2.39. The van der Waals surface area contributed by atoms with Crippen LogP contribution in [-0.2, 0) is 14.4 Å². The number of likely N-dealkylation sites (tertiary alicyclic amines) is 1. The van der Waals surface area contributed by atoms with E-state index in [0.29, 0.717) is 62.1 Å². The number of hydrazine groups is 1. The Labute approximate surface area is 250 Å². The lowest BCUT2D eigenvalue weighted by molar-refractivity contribution is -0.141. The van der Waals surface area contributed by atoms with Crippen LogP contribution < -0.4 is 21.9 Å². The van der Waals surface area contributed by atoms with E-state index in [1.165, 1.54) is 22.6 Å². The van der Waals surface area contributed by atoms with Crippen molar-refractivity contribution in [3.05, 3.63) is 29.3 Å². The summed E-state index contributed by atoms with van der Waals surface area (Å²) in [5.74, 6) is 2.18. The zero-order chi connectivity index (χ0) is 30.8. The second kappa shape index (κ2) is 15.7. The summed E-state index contributed by atoms with van der Waals surface area (Å²) in [6.45, 7) is 0.312. The Morgan fingerprint density at radius 1 is 1.17 bits per heavy atom. The van der Waals surface area contributed by atoms with Crippen molar-refractivity contribution in [2.75, 3.05) is 19.6 Å². The van der Waals surface area contributed by atoms with Gasteiger partial charge in [0.25, 0.3) is 0 Å². The number of carboxylic acid groups (broad SMARTS) is 1. The van der Waals surface area contributed by atoms with Gasteiger partial charge in [0.1, 0.15) is 6.04 Å². The average Bonchev–Trinajstić information content (AvgIpc) is 3.66. The van der Waals surface area contributed by atoms with Gasteiger partial charge in [0.2, 0.25) is 17.6 Å². The number of nitrogens with one attached hydrogen (secondary N) is 3. The van der Waals surface area contributed by atoms with Crippen LogP contribution in [0.25, 0.3) is 10.2 Å². The number of aliphatic imine (C=N–C) groups is 1. The van der Waals surface area contributed by atoms with Crippen LogP contribution >= 0.6 is 11.3 Å². The quantitative estimate of drug-likeness (QED) is 0.0512. The van der Waals surface area contributed by atoms with Crippen molar-refractivity contribution in [2.24, 2.45) is 16.7 Å². The highest BCUT2D eigenvalue weighted by molar-refractivity contribution is 7.20. The first-order valence-electron chi connectivity index (χ1n) is 15.1. The first-order valence-corrected chi connectivity index (χ1v) is 15.4. The highest BCUT2D eigenvalue weighted by atomic mass is 32.1. The molecule has 1 aliphatic heterocycles. The highest BCUT2D eigenvalue weighted by Crippen LogP contribution is 2.29. The van der Waals surface area contributed by atoms with Gasteiger partial charge in [-0.05, 0) is 50.1 Å². The lowest BCUT2D eigenvalue weighted by Crippen LogP contribution is -2.55. The summed E-state index contributed by atoms with van der Waals surface area (Å²) in [4.78, 5) is 62.5. The molecule has 42 heavy (non-hydrogen) atoms. The number of rotatable bonds is 15. The van der Waals surface area contributed by atoms with Crippen LogP contribution in [0, 0.1) is 5.89 Å². The van der Waals surface area contributed by atoms with Gasteiger partial charge in [0.05, 0.1) is 35.2 Å². The molecular weight excluding hydrogens is 558 g/mol. The van der Waals surface area contributed by atoms with Gasteiger partial charge in [-0.3, -0.25) is 29.5 Å². The van der Waals surface area contributed by atoms with Crippen LogP contribution in [0.1, 0.15) is 75.4 Å². The van der Waals surface area contributed by atoms with Gasteiger partial charge >= 0.3 is 5.97 Å². The summed E-state index contributed by atoms with van der Waals surface area (Å²) in [6, 6.07) is 4.87. The first-order chi connectivity index (χ1) is 20.7. The zero-order valence-electron chi connectivity index (χ0n) is 24.7. The van der Waals surface area contributed by atoms with E-state index in [0.717, 1.165) is 24.0 Å². The number of ketones is 1. The molecule has 2 aromatic rings. The molecule has 1 saturated heterocycles. The largest absolute Gasteiger partial charge is 0.480 e. The summed E-state index contributed by atoms with van der Waals surface area (Å²) in [5.41, 5.74) is 3.04. The Bertz CT molecular complexity index is 1280. The molecule has 6 N–H and O–H groups in total. The number of carbonyl (C=O) groups excluding carboxylic acids is 3. The molecule has 2 fully saturated rings. The standard InChI is InChI=1S/C29H41N7O5S/c30-33-18-31-14-6-11-21(26(39)28-35-20-10-4-5-13-24(20)42-28)34-27(40)23-12-7-15-36(23)29(41)22(32-17-25(37)38)16-19-8-2-1-3-9-19/h4-5,10,13,18-19,21-23,32H,1-3,6-9,11-12,14-17,30H2,(H,31,33)(H,34,40)(H,37,38)/t21-,22-,23-/m0/s1/i19D. The lowest BCUT2D eigenvalue weighted by Gasteiger charge is -2.32. The van der Waals surface area contributed by atoms with Crippen molar-refractivity contribution in [3.8, 4) is 0 Å². The molecule has 2 aliphatic rings. The van der Waals surface area contributed by atoms with Crippen molar-refractivity contribution in [1.29, 1.82) is 0 Å². The van der Waals surface area contributed by atoms with Crippen LogP contribution in [0.2, 0.25) is 0 Å². The molecule has 0 radical (unpaired) electrons. The van der Waals surface area contributed by atoms with Crippen molar-refractivity contribution in [1.82, 2.24) is 25.9 Å². The molecule has 0 unspecified atom stereocenters. The van der Waals surface area contributed by atoms with Gasteiger partial charge in [0, 0.05) is 14.5 Å². The number of nitrogens with two attached hydrogens (primary N) is 1. The molecule has 1 saturated carbocycles. The molecule has 0 bridgehead atoms. The molecule has 0 spiro atoms. The number of carboxylic acids is 1. The minimum Gasteiger partial charge on any atom is -0.480 e. The second-order valence-electron chi connectivity index (χ2n) is 10.8. The van der Waals surface area contributed by atoms with E-state index in [-0.39, 0.29) is 18.1 Å². The van der Waals surface area contributed by atoms with E-state index in [4.69, 9.17) is 7.21 Å². The molecule has 228 valence electrons. The van der Waals surface area contributed by atoms with Crippen LogP contribution in [0.3, 0.4) is 0 Å². The van der Waals surface area contributed by atoms with Gasteiger partial charge < -0.3 is 20.7 Å². The molecule has 3 atom stereocenters. The average molecular weight is 601 g/mol. The van der Waals surface area contributed by atoms with Crippen LogP contribution in [0.5, 0.6) is 0 Å². The maximum atomic E-state index is 13.8. The Balaban J connectivity index is 1.49. The maximum Gasteiger partial charge on any atom is 0.317 e. The van der Waals surface area contributed by atoms with Crippen molar-refractivity contribution in [3.63, 3.8) is 0 Å². The smallest absolute Gasteiger partial charge is 0.317 e. The Morgan fingerprint density at radius 2 is 1.95 bits per heavy atom. The summed E-state index contributed by atoms with van der Waals surface area (Å²) in [6.07, 6.45) is 7.51. The van der Waals surface area contributed by atoms with Gasteiger partial charge in [-0.1, -0.05) is 44.2 Å². The minimum atomic E-state index is -1.10. The van der Waals surface area contributed by atoms with E-state index in [1.807, 2.05) is 24.3 Å². The van der Waals surface area contributed by atoms with E-state index >= 15 is 0 Å². The van der Waals surface area contributed by atoms with Crippen molar-refractivity contribution in [2.45, 2.75) is 82.3 Å². The number of aliphatic carboxylic acids is 1. The monoisotopic (exact) mass is 600 g/mol. The number of hydrogen-bond acceptors (Lipinski definition) is 9. The predicted octanol–water partition coefficient (Wildman–Crippen LogP) is 2.24. The Hall–Kier alpha value is -3.42. The van der Waals surface area contributed by atoms with E-state index in [2.05, 4.69) is 26.0 Å². The van der Waals surface area contributed by atoms with Gasteiger partial charge in [0.15, 0.2) is 5.01 Å². The number of benzene rings is 1. The topological polar surface area (TPSA) is 179 Å². The SMILES string of the molecule is [2H]C1(C[C@H](NCC(=O)O)C(=O)N2CCC[C@H]2C(=O)N[C@@H](CCCN=CNN)C(=O)c2nc3ccccc3s2)CCCCC1. The first kappa shape index (κ1) is 30.1. The second-order valence-corrected chi connectivity index (χ2v) is 11.8. The fourth-order valence-corrected chi connectivity index (χ4v) is 6.63. The van der Waals surface area contributed by atoms with E-state index in [1.54, 1.807) is 0 Å². The zero-order valence-corrected chi connectivity index (χ0v) is 24.5. The molecule has 1 aromatic heterocycles. The van der Waals surface area contributed by atoms with Crippen molar-refractivity contribution >= 4 is 51.5 Å². The van der Waals surface area contributed by atoms with Crippen molar-refractivity contribution < 1.29 is 25.7 Å². The van der Waals surface area contributed by atoms with Crippen LogP contribution in [0.4, 0.5) is 0 Å². The third-order valence-corrected chi connectivity index (χ3v) is 8.82. The van der Waals surface area contributed by atoms with Gasteiger partial charge in [-0.25, -0.2) is 10.8 Å². The molecule has 1 aromatic carbocycles. The number of aromatic nitrogens is 1. The van der Waals surface area contributed by atoms with Crippen LogP contribution in [0.15, 0.2) is 29.3 Å². The summed E-state index contributed by atoms with van der Waals surface area (Å²) in [7, 11) is 0. The molecule has 2 amide bonds. The summed E-state index contributed by atoms with van der Waals surface area (Å²) < 4.78 is 9.77. The van der Waals surface area contributed by atoms with E-state index < -0.39 is 42.4 Å². The number of nitrogens with zero attached hydrogens (tertiary/aromatic N) is 3. The maximum absolute atomic E-state index is 13.8. The van der Waals surface area contributed by atoms with E-state index in [9.17, 15) is 24.3 Å². The minimum absolute atomic E-state index is 0.181. The molecule has 13 heteroatoms. The third-order valence-electron chi connectivity index (χ3n) is 7.77. The Kier molecular flexibility index (Phi) is 11.2. The molecule has 1 aliphatic carbocycles. The predicted molar refractivity (Wildman–Crippen MR) is 161 cm³/mol. The van der Waals surface area contributed by atoms with Gasteiger partial charge in [-0.2, -0.15) is 0 Å². The number of carbonyl (C=O) groups is 4. The summed E-state index contributed by atoms with van der Waals surface area (Å²) >= 11 is 1.27. The molecular formula is C29H41N7O5S. The number of Topliss-reactive ketones (excluding diaryl/α,β-unsaturated/α-hetero) is 1. The fourth-order valence-electron chi connectivity index (χ4n) is 5.67. The van der Waals surface area contributed by atoms with Crippen LogP contribution in [-0.4, -0.2) is 82.7 Å². The number of para-hydroxylation sites is 1. The molecule has 12 nitrogen and oxygen atoms in total. The number of thiazole rings is 1. The normalized spacial score (nSPS) is 20.3.